The summed E-state index contributed by atoms with van der Waals surface area (Å²) in [5, 5.41) is 9.38. The molecular weight excluding hydrogens is 272 g/mol. The molecule has 0 bridgehead atoms. The zero-order chi connectivity index (χ0) is 15.5. The summed E-state index contributed by atoms with van der Waals surface area (Å²) < 4.78 is 0. The Morgan fingerprint density at radius 1 is 1.18 bits per heavy atom. The van der Waals surface area contributed by atoms with Gasteiger partial charge in [-0.1, -0.05) is 24.3 Å². The van der Waals surface area contributed by atoms with Crippen LogP contribution in [0.5, 0.6) is 0 Å². The number of ketones is 1. The molecule has 3 nitrogen and oxygen atoms in total. The fourth-order valence-electron chi connectivity index (χ4n) is 3.01. The van der Waals surface area contributed by atoms with Crippen LogP contribution in [0.4, 0.5) is 5.69 Å². The predicted molar refractivity (Wildman–Crippen MR) is 87.0 cm³/mol. The largest absolute Gasteiger partial charge is 0.366 e. The minimum Gasteiger partial charge on any atom is -0.366 e. The first kappa shape index (κ1) is 14.3. The standard InChI is InChI=1S/C19H18N2O/c1-14(22)16-8-9-17(12-20)19(11-16)21-10-4-7-15-5-2-3-6-18(15)13-21/h2-3,5-6,8-9,11H,4,7,10,13H2,1H3. The lowest BCUT2D eigenvalue weighted by Gasteiger charge is -2.24. The van der Waals surface area contributed by atoms with Gasteiger partial charge in [-0.05, 0) is 49.1 Å². The lowest BCUT2D eigenvalue weighted by Crippen LogP contribution is -2.23. The minimum atomic E-state index is 0.0287. The van der Waals surface area contributed by atoms with Gasteiger partial charge in [-0.25, -0.2) is 0 Å². The minimum absolute atomic E-state index is 0.0287. The Morgan fingerprint density at radius 2 is 1.95 bits per heavy atom. The summed E-state index contributed by atoms with van der Waals surface area (Å²) >= 11 is 0. The lowest BCUT2D eigenvalue weighted by atomic mass is 10.0. The SMILES string of the molecule is CC(=O)c1ccc(C#N)c(N2CCCc3ccccc3C2)c1. The van der Waals surface area contributed by atoms with Crippen molar-refractivity contribution in [3.05, 3.63) is 64.7 Å². The quantitative estimate of drug-likeness (QED) is 0.792. The van der Waals surface area contributed by atoms with Gasteiger partial charge in [-0.3, -0.25) is 4.79 Å². The van der Waals surface area contributed by atoms with E-state index in [-0.39, 0.29) is 5.78 Å². The zero-order valence-electron chi connectivity index (χ0n) is 12.7. The Hall–Kier alpha value is -2.60. The third-order valence-corrected chi connectivity index (χ3v) is 4.22. The van der Waals surface area contributed by atoms with Gasteiger partial charge in [0.2, 0.25) is 0 Å². The number of aryl methyl sites for hydroxylation is 1. The van der Waals surface area contributed by atoms with Crippen LogP contribution in [0, 0.1) is 11.3 Å². The maximum Gasteiger partial charge on any atom is 0.159 e. The lowest BCUT2D eigenvalue weighted by molar-refractivity contribution is 0.101. The summed E-state index contributed by atoms with van der Waals surface area (Å²) in [5.41, 5.74) is 4.84. The molecule has 1 aliphatic rings. The highest BCUT2D eigenvalue weighted by atomic mass is 16.1. The molecule has 0 saturated carbocycles. The first-order valence-corrected chi connectivity index (χ1v) is 7.56. The highest BCUT2D eigenvalue weighted by molar-refractivity contribution is 5.95. The summed E-state index contributed by atoms with van der Waals surface area (Å²) in [6.45, 7) is 3.24. The number of fused-ring (bicyclic) bond motifs is 1. The van der Waals surface area contributed by atoms with Crippen molar-refractivity contribution < 1.29 is 4.79 Å². The summed E-state index contributed by atoms with van der Waals surface area (Å²) in [4.78, 5) is 13.9. The average Bonchev–Trinajstić information content (AvgIpc) is 2.76. The fraction of sp³-hybridized carbons (Fsp3) is 0.263. The smallest absolute Gasteiger partial charge is 0.159 e. The molecule has 22 heavy (non-hydrogen) atoms. The van der Waals surface area contributed by atoms with Crippen LogP contribution < -0.4 is 4.90 Å². The van der Waals surface area contributed by atoms with E-state index in [2.05, 4.69) is 35.2 Å². The second-order valence-corrected chi connectivity index (χ2v) is 5.69. The molecule has 2 aromatic rings. The Balaban J connectivity index is 2.02. The molecule has 0 spiro atoms. The second-order valence-electron chi connectivity index (χ2n) is 5.69. The van der Waals surface area contributed by atoms with E-state index >= 15 is 0 Å². The number of carbonyl (C=O) groups is 1. The second kappa shape index (κ2) is 6.03. The number of anilines is 1. The maximum absolute atomic E-state index is 11.6. The van der Waals surface area contributed by atoms with Crippen molar-refractivity contribution in [1.82, 2.24) is 0 Å². The van der Waals surface area contributed by atoms with Gasteiger partial charge in [-0.2, -0.15) is 5.26 Å². The summed E-state index contributed by atoms with van der Waals surface area (Å²) in [5.74, 6) is 0.0287. The molecule has 0 radical (unpaired) electrons. The van der Waals surface area contributed by atoms with Crippen LogP contribution in [0.1, 0.15) is 40.4 Å². The van der Waals surface area contributed by atoms with Crippen molar-refractivity contribution >= 4 is 11.5 Å². The Kier molecular flexibility index (Phi) is 3.93. The van der Waals surface area contributed by atoms with E-state index in [1.54, 1.807) is 19.1 Å². The van der Waals surface area contributed by atoms with Gasteiger partial charge >= 0.3 is 0 Å². The molecule has 3 heteroatoms. The molecule has 0 aromatic heterocycles. The molecule has 1 aliphatic heterocycles. The summed E-state index contributed by atoms with van der Waals surface area (Å²) in [6.07, 6.45) is 2.10. The molecule has 0 aliphatic carbocycles. The first-order valence-electron chi connectivity index (χ1n) is 7.56. The van der Waals surface area contributed by atoms with Crippen LogP contribution >= 0.6 is 0 Å². The molecule has 0 unspecified atom stereocenters. The Morgan fingerprint density at radius 3 is 2.68 bits per heavy atom. The van der Waals surface area contributed by atoms with Crippen molar-refractivity contribution in [3.63, 3.8) is 0 Å². The molecular formula is C19H18N2O. The van der Waals surface area contributed by atoms with Crippen LogP contribution in [0.15, 0.2) is 42.5 Å². The zero-order valence-corrected chi connectivity index (χ0v) is 12.7. The summed E-state index contributed by atoms with van der Waals surface area (Å²) in [6, 6.07) is 16.0. The molecule has 110 valence electrons. The van der Waals surface area contributed by atoms with Gasteiger partial charge < -0.3 is 4.90 Å². The highest BCUT2D eigenvalue weighted by Gasteiger charge is 2.18. The number of nitrogens with zero attached hydrogens (tertiary/aromatic N) is 2. The number of benzene rings is 2. The highest BCUT2D eigenvalue weighted by Crippen LogP contribution is 2.27. The monoisotopic (exact) mass is 290 g/mol. The van der Waals surface area contributed by atoms with E-state index in [1.165, 1.54) is 11.1 Å². The Labute approximate surface area is 130 Å². The van der Waals surface area contributed by atoms with Crippen LogP contribution in [-0.2, 0) is 13.0 Å². The normalized spacial score (nSPS) is 13.9. The van der Waals surface area contributed by atoms with Gasteiger partial charge in [0.15, 0.2) is 5.78 Å². The van der Waals surface area contributed by atoms with Crippen molar-refractivity contribution in [3.8, 4) is 6.07 Å². The van der Waals surface area contributed by atoms with Crippen LogP contribution in [-0.4, -0.2) is 12.3 Å². The number of Topliss-reactive ketones (excluding diaryl/α,β-unsaturated/α-hetero) is 1. The van der Waals surface area contributed by atoms with Gasteiger partial charge in [0.05, 0.1) is 11.3 Å². The number of hydrogen-bond acceptors (Lipinski definition) is 3. The topological polar surface area (TPSA) is 44.1 Å². The number of rotatable bonds is 2. The first-order chi connectivity index (χ1) is 10.7. The van der Waals surface area contributed by atoms with Gasteiger partial charge in [0, 0.05) is 18.7 Å². The molecule has 0 fully saturated rings. The molecule has 0 atom stereocenters. The van der Waals surface area contributed by atoms with Crippen molar-refractivity contribution in [2.45, 2.75) is 26.3 Å². The van der Waals surface area contributed by atoms with E-state index in [0.29, 0.717) is 11.1 Å². The molecule has 0 saturated heterocycles. The molecule has 1 heterocycles. The average molecular weight is 290 g/mol. The van der Waals surface area contributed by atoms with Gasteiger partial charge in [0.1, 0.15) is 6.07 Å². The molecule has 0 amide bonds. The van der Waals surface area contributed by atoms with Crippen LogP contribution in [0.3, 0.4) is 0 Å². The van der Waals surface area contributed by atoms with Gasteiger partial charge in [-0.15, -0.1) is 0 Å². The van der Waals surface area contributed by atoms with E-state index in [4.69, 9.17) is 0 Å². The molecule has 0 N–H and O–H groups in total. The van der Waals surface area contributed by atoms with Crippen molar-refractivity contribution in [2.75, 3.05) is 11.4 Å². The van der Waals surface area contributed by atoms with Crippen LogP contribution in [0.25, 0.3) is 0 Å². The predicted octanol–water partition coefficient (Wildman–Crippen LogP) is 3.71. The fourth-order valence-corrected chi connectivity index (χ4v) is 3.01. The third-order valence-electron chi connectivity index (χ3n) is 4.22. The number of carbonyl (C=O) groups excluding carboxylic acids is 1. The van der Waals surface area contributed by atoms with E-state index in [0.717, 1.165) is 31.6 Å². The van der Waals surface area contributed by atoms with Crippen LogP contribution in [0.2, 0.25) is 0 Å². The van der Waals surface area contributed by atoms with E-state index in [1.807, 2.05) is 6.07 Å². The van der Waals surface area contributed by atoms with Gasteiger partial charge in [0.25, 0.3) is 0 Å². The summed E-state index contributed by atoms with van der Waals surface area (Å²) in [7, 11) is 0. The molecule has 3 rings (SSSR count). The van der Waals surface area contributed by atoms with Crippen molar-refractivity contribution in [1.29, 1.82) is 5.26 Å². The van der Waals surface area contributed by atoms with E-state index in [9.17, 15) is 10.1 Å². The number of nitriles is 1. The number of hydrogen-bond donors (Lipinski definition) is 0. The van der Waals surface area contributed by atoms with E-state index < -0.39 is 0 Å². The maximum atomic E-state index is 11.6. The molecule has 2 aromatic carbocycles. The van der Waals surface area contributed by atoms with Crippen molar-refractivity contribution in [2.24, 2.45) is 0 Å². The Bertz CT molecular complexity index is 758. The third kappa shape index (κ3) is 2.73.